The fraction of sp³-hybridized carbons (Fsp3) is 0.571. The predicted octanol–water partition coefficient (Wildman–Crippen LogP) is 3.49. The average Bonchev–Trinajstić information content (AvgIpc) is 2.72. The van der Waals surface area contributed by atoms with Crippen molar-refractivity contribution in [2.45, 2.75) is 38.7 Å². The van der Waals surface area contributed by atoms with Crippen LogP contribution in [0.1, 0.15) is 32.8 Å². The topological polar surface area (TPSA) is 21.3 Å². The molecule has 1 aliphatic heterocycles. The number of hydrogen-bond donors (Lipinski definition) is 1. The van der Waals surface area contributed by atoms with E-state index in [1.807, 2.05) is 0 Å². The largest absolute Gasteiger partial charge is 0.488 e. The molecular weight excluding hydrogens is 278 g/mol. The first-order chi connectivity index (χ1) is 7.97. The summed E-state index contributed by atoms with van der Waals surface area (Å²) in [7, 11) is 0. The fourth-order valence-corrected chi connectivity index (χ4v) is 2.44. The highest BCUT2D eigenvalue weighted by Crippen LogP contribution is 2.32. The summed E-state index contributed by atoms with van der Waals surface area (Å²) in [4.78, 5) is 0. The molecule has 0 bridgehead atoms. The first-order valence-corrected chi connectivity index (χ1v) is 6.93. The number of hydrogen-bond acceptors (Lipinski definition) is 2. The van der Waals surface area contributed by atoms with Crippen molar-refractivity contribution < 1.29 is 4.74 Å². The Bertz CT molecular complexity index is 392. The Labute approximate surface area is 112 Å². The van der Waals surface area contributed by atoms with Gasteiger partial charge < -0.3 is 10.1 Å². The number of rotatable bonds is 2. The van der Waals surface area contributed by atoms with Gasteiger partial charge in [0.25, 0.3) is 0 Å². The molecule has 94 valence electrons. The van der Waals surface area contributed by atoms with E-state index >= 15 is 0 Å². The predicted molar refractivity (Wildman–Crippen MR) is 74.7 cm³/mol. The van der Waals surface area contributed by atoms with Gasteiger partial charge in [-0.15, -0.1) is 0 Å². The Morgan fingerprint density at radius 2 is 2.12 bits per heavy atom. The van der Waals surface area contributed by atoms with Crippen molar-refractivity contribution >= 4 is 15.9 Å². The van der Waals surface area contributed by atoms with Crippen LogP contribution in [0.4, 0.5) is 0 Å². The first kappa shape index (κ1) is 12.9. The van der Waals surface area contributed by atoms with E-state index in [9.17, 15) is 0 Å². The minimum atomic E-state index is 0.177. The molecule has 1 aromatic carbocycles. The van der Waals surface area contributed by atoms with Crippen LogP contribution in [0.2, 0.25) is 0 Å². The molecule has 0 aromatic heterocycles. The monoisotopic (exact) mass is 297 g/mol. The van der Waals surface area contributed by atoms with Gasteiger partial charge in [0.1, 0.15) is 11.9 Å². The van der Waals surface area contributed by atoms with Crippen LogP contribution in [0.5, 0.6) is 5.75 Å². The van der Waals surface area contributed by atoms with E-state index < -0.39 is 0 Å². The molecule has 0 unspecified atom stereocenters. The highest BCUT2D eigenvalue weighted by Gasteiger charge is 2.19. The first-order valence-electron chi connectivity index (χ1n) is 6.14. The molecular formula is C14H20BrNO. The van der Waals surface area contributed by atoms with Crippen molar-refractivity contribution in [1.29, 1.82) is 0 Å². The molecule has 1 atom stereocenters. The van der Waals surface area contributed by atoms with E-state index in [1.165, 1.54) is 5.56 Å². The second-order valence-electron chi connectivity index (χ2n) is 5.63. The van der Waals surface area contributed by atoms with Gasteiger partial charge in [-0.25, -0.2) is 0 Å². The summed E-state index contributed by atoms with van der Waals surface area (Å²) in [6, 6.07) is 6.39. The summed E-state index contributed by atoms with van der Waals surface area (Å²) in [6.07, 6.45) is 1.40. The molecule has 1 N–H and O–H groups in total. The maximum absolute atomic E-state index is 5.96. The Morgan fingerprint density at radius 1 is 1.35 bits per heavy atom. The summed E-state index contributed by atoms with van der Waals surface area (Å²) in [5, 5.41) is 3.31. The van der Waals surface area contributed by atoms with Crippen molar-refractivity contribution in [3.05, 3.63) is 28.2 Å². The maximum atomic E-state index is 5.96. The molecule has 17 heavy (non-hydrogen) atoms. The molecule has 0 spiro atoms. The van der Waals surface area contributed by atoms with E-state index in [0.29, 0.717) is 6.10 Å². The molecule has 1 aliphatic rings. The van der Waals surface area contributed by atoms with Gasteiger partial charge in [0.05, 0.1) is 4.47 Å². The van der Waals surface area contributed by atoms with Crippen LogP contribution < -0.4 is 10.1 Å². The van der Waals surface area contributed by atoms with Gasteiger partial charge in [0.15, 0.2) is 0 Å². The Balaban J connectivity index is 2.14. The lowest BCUT2D eigenvalue weighted by molar-refractivity contribution is 0.221. The van der Waals surface area contributed by atoms with Crippen LogP contribution in [-0.4, -0.2) is 19.2 Å². The van der Waals surface area contributed by atoms with Gasteiger partial charge in [0.2, 0.25) is 0 Å². The SMILES string of the molecule is CC(C)(C)c1ccc(O[C@@H]2CCNC2)c(Br)c1. The van der Waals surface area contributed by atoms with Gasteiger partial charge in [-0.3, -0.25) is 0 Å². The highest BCUT2D eigenvalue weighted by molar-refractivity contribution is 9.10. The van der Waals surface area contributed by atoms with E-state index in [1.54, 1.807) is 0 Å². The second-order valence-corrected chi connectivity index (χ2v) is 6.48. The number of nitrogens with one attached hydrogen (secondary N) is 1. The zero-order valence-corrected chi connectivity index (χ0v) is 12.3. The lowest BCUT2D eigenvalue weighted by atomic mass is 9.87. The minimum absolute atomic E-state index is 0.177. The Hall–Kier alpha value is -0.540. The van der Waals surface area contributed by atoms with Crippen LogP contribution in [0.25, 0.3) is 0 Å². The van der Waals surface area contributed by atoms with Crippen molar-refractivity contribution in [2.75, 3.05) is 13.1 Å². The number of halogens is 1. The van der Waals surface area contributed by atoms with E-state index in [2.05, 4.69) is 60.2 Å². The van der Waals surface area contributed by atoms with Crippen LogP contribution in [-0.2, 0) is 5.41 Å². The minimum Gasteiger partial charge on any atom is -0.488 e. The summed E-state index contributed by atoms with van der Waals surface area (Å²) < 4.78 is 7.02. The third-order valence-electron chi connectivity index (χ3n) is 3.11. The van der Waals surface area contributed by atoms with Crippen molar-refractivity contribution in [1.82, 2.24) is 5.32 Å². The van der Waals surface area contributed by atoms with Gasteiger partial charge in [0, 0.05) is 6.54 Å². The van der Waals surface area contributed by atoms with Gasteiger partial charge in [-0.1, -0.05) is 26.8 Å². The van der Waals surface area contributed by atoms with Crippen LogP contribution in [0.15, 0.2) is 22.7 Å². The maximum Gasteiger partial charge on any atom is 0.133 e. The van der Waals surface area contributed by atoms with Gasteiger partial charge in [-0.05, 0) is 52.0 Å². The highest BCUT2D eigenvalue weighted by atomic mass is 79.9. The molecule has 3 heteroatoms. The van der Waals surface area contributed by atoms with Crippen molar-refractivity contribution in [3.63, 3.8) is 0 Å². The molecule has 1 aromatic rings. The average molecular weight is 298 g/mol. The molecule has 2 nitrogen and oxygen atoms in total. The third-order valence-corrected chi connectivity index (χ3v) is 3.73. The number of benzene rings is 1. The second kappa shape index (κ2) is 4.99. The smallest absolute Gasteiger partial charge is 0.133 e. The van der Waals surface area contributed by atoms with Crippen molar-refractivity contribution in [3.8, 4) is 5.75 Å². The molecule has 1 saturated heterocycles. The number of ether oxygens (including phenoxy) is 1. The Morgan fingerprint density at radius 3 is 2.65 bits per heavy atom. The lowest BCUT2D eigenvalue weighted by Crippen LogP contribution is -2.20. The van der Waals surface area contributed by atoms with Gasteiger partial charge >= 0.3 is 0 Å². The molecule has 2 rings (SSSR count). The van der Waals surface area contributed by atoms with Crippen LogP contribution in [0.3, 0.4) is 0 Å². The quantitative estimate of drug-likeness (QED) is 0.902. The summed E-state index contributed by atoms with van der Waals surface area (Å²) in [5.41, 5.74) is 1.50. The van der Waals surface area contributed by atoms with Crippen molar-refractivity contribution in [2.24, 2.45) is 0 Å². The molecule has 1 fully saturated rings. The zero-order chi connectivity index (χ0) is 12.5. The van der Waals surface area contributed by atoms with Crippen LogP contribution in [0, 0.1) is 0 Å². The van der Waals surface area contributed by atoms with E-state index in [4.69, 9.17) is 4.74 Å². The Kier molecular flexibility index (Phi) is 3.79. The van der Waals surface area contributed by atoms with Gasteiger partial charge in [-0.2, -0.15) is 0 Å². The summed E-state index contributed by atoms with van der Waals surface area (Å²) in [5.74, 6) is 0.951. The summed E-state index contributed by atoms with van der Waals surface area (Å²) in [6.45, 7) is 8.67. The zero-order valence-electron chi connectivity index (χ0n) is 10.7. The third kappa shape index (κ3) is 3.23. The van der Waals surface area contributed by atoms with E-state index in [0.717, 1.165) is 29.7 Å². The normalized spacial score (nSPS) is 20.6. The van der Waals surface area contributed by atoms with Crippen LogP contribution >= 0.6 is 15.9 Å². The molecule has 0 radical (unpaired) electrons. The molecule has 0 amide bonds. The molecule has 0 saturated carbocycles. The van der Waals surface area contributed by atoms with E-state index in [-0.39, 0.29) is 5.41 Å². The summed E-state index contributed by atoms with van der Waals surface area (Å²) >= 11 is 3.60. The standard InChI is InChI=1S/C14H20BrNO/c1-14(2,3)10-4-5-13(12(15)8-10)17-11-6-7-16-9-11/h4-5,8,11,16H,6-7,9H2,1-3H3/t11-/m1/s1. The fourth-order valence-electron chi connectivity index (χ4n) is 1.97. The molecule has 1 heterocycles. The molecule has 0 aliphatic carbocycles. The lowest BCUT2D eigenvalue weighted by Gasteiger charge is -2.21.